The highest BCUT2D eigenvalue weighted by molar-refractivity contribution is 5.79. The van der Waals surface area contributed by atoms with Gasteiger partial charge in [-0.05, 0) is 45.2 Å². The SMILES string of the molecule is O=C(NC1CCC1)C1CCN(Cc2nnc(C(F)(F)F)o2)CC1. The van der Waals surface area contributed by atoms with Gasteiger partial charge >= 0.3 is 12.1 Å². The maximum Gasteiger partial charge on any atom is 0.470 e. The zero-order valence-electron chi connectivity index (χ0n) is 12.6. The number of nitrogens with one attached hydrogen (secondary N) is 1. The number of carbonyl (C=O) groups excluding carboxylic acids is 1. The number of rotatable bonds is 4. The van der Waals surface area contributed by atoms with Crippen LogP contribution in [0.15, 0.2) is 4.42 Å². The molecule has 1 saturated carbocycles. The molecule has 1 aliphatic heterocycles. The number of amides is 1. The van der Waals surface area contributed by atoms with Gasteiger partial charge in [0.15, 0.2) is 0 Å². The summed E-state index contributed by atoms with van der Waals surface area (Å²) in [5.41, 5.74) is 0. The summed E-state index contributed by atoms with van der Waals surface area (Å²) in [6, 6.07) is 0.333. The summed E-state index contributed by atoms with van der Waals surface area (Å²) in [6.45, 7) is 1.44. The van der Waals surface area contributed by atoms with Crippen molar-refractivity contribution in [1.29, 1.82) is 0 Å². The first-order valence-electron chi connectivity index (χ1n) is 7.84. The van der Waals surface area contributed by atoms with Gasteiger partial charge in [-0.3, -0.25) is 9.69 Å². The van der Waals surface area contributed by atoms with Crippen molar-refractivity contribution in [2.24, 2.45) is 5.92 Å². The standard InChI is InChI=1S/C14H19F3N4O2/c15-14(16,17)13-20-19-11(23-13)8-21-6-4-9(5-7-21)12(22)18-10-2-1-3-10/h9-10H,1-8H2,(H,18,22). The van der Waals surface area contributed by atoms with E-state index in [1.165, 1.54) is 6.42 Å². The predicted molar refractivity (Wildman–Crippen MR) is 73.1 cm³/mol. The normalized spacial score (nSPS) is 21.2. The van der Waals surface area contributed by atoms with E-state index >= 15 is 0 Å². The average molecular weight is 332 g/mol. The molecule has 0 bridgehead atoms. The zero-order chi connectivity index (χ0) is 16.4. The molecule has 3 rings (SSSR count). The van der Waals surface area contributed by atoms with Gasteiger partial charge in [0.25, 0.3) is 0 Å². The molecule has 2 aliphatic rings. The van der Waals surface area contributed by atoms with E-state index in [9.17, 15) is 18.0 Å². The highest BCUT2D eigenvalue weighted by Crippen LogP contribution is 2.28. The Kier molecular flexibility index (Phi) is 4.56. The maximum absolute atomic E-state index is 12.4. The van der Waals surface area contributed by atoms with E-state index in [1.807, 2.05) is 4.90 Å². The first-order valence-corrected chi connectivity index (χ1v) is 7.84. The Morgan fingerprint density at radius 1 is 1.22 bits per heavy atom. The summed E-state index contributed by atoms with van der Waals surface area (Å²) in [5, 5.41) is 9.49. The van der Waals surface area contributed by atoms with Crippen LogP contribution in [0.4, 0.5) is 13.2 Å². The van der Waals surface area contributed by atoms with Gasteiger partial charge in [-0.25, -0.2) is 0 Å². The zero-order valence-corrected chi connectivity index (χ0v) is 12.6. The van der Waals surface area contributed by atoms with Crippen LogP contribution < -0.4 is 5.32 Å². The average Bonchev–Trinajstić information content (AvgIpc) is 2.92. The molecular weight excluding hydrogens is 313 g/mol. The minimum absolute atomic E-state index is 0.0136. The molecule has 23 heavy (non-hydrogen) atoms. The van der Waals surface area contributed by atoms with Gasteiger partial charge in [0.05, 0.1) is 6.54 Å². The van der Waals surface area contributed by atoms with Crippen molar-refractivity contribution >= 4 is 5.91 Å². The van der Waals surface area contributed by atoms with Crippen molar-refractivity contribution in [3.05, 3.63) is 11.8 Å². The van der Waals surface area contributed by atoms with E-state index in [4.69, 9.17) is 0 Å². The minimum atomic E-state index is -4.61. The number of piperidine rings is 1. The molecule has 2 heterocycles. The molecule has 1 saturated heterocycles. The van der Waals surface area contributed by atoms with Crippen LogP contribution in [0.1, 0.15) is 43.9 Å². The van der Waals surface area contributed by atoms with Crippen LogP contribution in [-0.4, -0.2) is 40.1 Å². The van der Waals surface area contributed by atoms with E-state index in [0.29, 0.717) is 32.0 Å². The quantitative estimate of drug-likeness (QED) is 0.913. The lowest BCUT2D eigenvalue weighted by Crippen LogP contribution is -2.45. The second-order valence-electron chi connectivity index (χ2n) is 6.19. The second kappa shape index (κ2) is 6.46. The highest BCUT2D eigenvalue weighted by atomic mass is 19.4. The number of hydrogen-bond donors (Lipinski definition) is 1. The van der Waals surface area contributed by atoms with Crippen LogP contribution in [0, 0.1) is 5.92 Å². The van der Waals surface area contributed by atoms with E-state index in [1.54, 1.807) is 0 Å². The summed E-state index contributed by atoms with van der Waals surface area (Å²) in [5.74, 6) is -1.27. The number of likely N-dealkylation sites (tertiary alicyclic amines) is 1. The number of nitrogens with zero attached hydrogens (tertiary/aromatic N) is 3. The Labute approximate surface area is 131 Å². The van der Waals surface area contributed by atoms with Crippen LogP contribution in [-0.2, 0) is 17.5 Å². The first kappa shape index (κ1) is 16.2. The van der Waals surface area contributed by atoms with Gasteiger partial charge in [-0.1, -0.05) is 0 Å². The van der Waals surface area contributed by atoms with E-state index in [0.717, 1.165) is 12.8 Å². The van der Waals surface area contributed by atoms with Crippen LogP contribution in [0.5, 0.6) is 0 Å². The molecular formula is C14H19F3N4O2. The number of halogens is 3. The van der Waals surface area contributed by atoms with Crippen molar-refractivity contribution in [2.75, 3.05) is 13.1 Å². The van der Waals surface area contributed by atoms with Crippen LogP contribution in [0.25, 0.3) is 0 Å². The third-order valence-corrected chi connectivity index (χ3v) is 4.48. The Hall–Kier alpha value is -1.64. The fraction of sp³-hybridized carbons (Fsp3) is 0.786. The van der Waals surface area contributed by atoms with Crippen LogP contribution >= 0.6 is 0 Å². The predicted octanol–water partition coefficient (Wildman–Crippen LogP) is 1.97. The smallest absolute Gasteiger partial charge is 0.416 e. The molecule has 1 amide bonds. The Balaban J connectivity index is 1.45. The summed E-state index contributed by atoms with van der Waals surface area (Å²) in [4.78, 5) is 14.0. The van der Waals surface area contributed by atoms with Crippen molar-refractivity contribution in [2.45, 2.75) is 50.9 Å². The van der Waals surface area contributed by atoms with E-state index in [2.05, 4.69) is 19.9 Å². The Bertz CT molecular complexity index is 548. The molecule has 1 aromatic rings. The number of aromatic nitrogens is 2. The van der Waals surface area contributed by atoms with Crippen molar-refractivity contribution in [1.82, 2.24) is 20.4 Å². The maximum atomic E-state index is 12.4. The highest BCUT2D eigenvalue weighted by Gasteiger charge is 2.38. The van der Waals surface area contributed by atoms with Gasteiger partial charge in [-0.15, -0.1) is 10.2 Å². The van der Waals surface area contributed by atoms with Gasteiger partial charge in [0.1, 0.15) is 0 Å². The molecule has 9 heteroatoms. The Morgan fingerprint density at radius 2 is 1.91 bits per heavy atom. The molecule has 0 atom stereocenters. The molecule has 0 radical (unpaired) electrons. The first-order chi connectivity index (χ1) is 10.9. The third-order valence-electron chi connectivity index (χ3n) is 4.48. The lowest BCUT2D eigenvalue weighted by Gasteiger charge is -2.33. The van der Waals surface area contributed by atoms with Gasteiger partial charge in [0.2, 0.25) is 11.8 Å². The van der Waals surface area contributed by atoms with Crippen LogP contribution in [0.2, 0.25) is 0 Å². The molecule has 0 aromatic carbocycles. The van der Waals surface area contributed by atoms with Gasteiger partial charge in [-0.2, -0.15) is 13.2 Å². The van der Waals surface area contributed by atoms with E-state index < -0.39 is 12.1 Å². The van der Waals surface area contributed by atoms with Gasteiger partial charge < -0.3 is 9.73 Å². The molecule has 2 fully saturated rings. The Morgan fingerprint density at radius 3 is 2.43 bits per heavy atom. The lowest BCUT2D eigenvalue weighted by atomic mass is 9.90. The molecule has 0 spiro atoms. The van der Waals surface area contributed by atoms with Gasteiger partial charge in [0, 0.05) is 12.0 Å². The summed E-state index contributed by atoms with van der Waals surface area (Å²) in [7, 11) is 0. The molecule has 1 N–H and O–H groups in total. The summed E-state index contributed by atoms with van der Waals surface area (Å²) >= 11 is 0. The molecule has 1 aliphatic carbocycles. The minimum Gasteiger partial charge on any atom is -0.416 e. The largest absolute Gasteiger partial charge is 0.470 e. The number of alkyl halides is 3. The molecule has 6 nitrogen and oxygen atoms in total. The second-order valence-corrected chi connectivity index (χ2v) is 6.19. The molecule has 128 valence electrons. The van der Waals surface area contributed by atoms with Crippen LogP contribution in [0.3, 0.4) is 0 Å². The lowest BCUT2D eigenvalue weighted by molar-refractivity contribution is -0.157. The number of hydrogen-bond acceptors (Lipinski definition) is 5. The van der Waals surface area contributed by atoms with E-state index in [-0.39, 0.29) is 24.3 Å². The van der Waals surface area contributed by atoms with Crippen molar-refractivity contribution < 1.29 is 22.4 Å². The summed E-state index contributed by atoms with van der Waals surface area (Å²) in [6.07, 6.45) is 0.0650. The number of carbonyl (C=O) groups is 1. The monoisotopic (exact) mass is 332 g/mol. The van der Waals surface area contributed by atoms with Crippen molar-refractivity contribution in [3.8, 4) is 0 Å². The fourth-order valence-corrected chi connectivity index (χ4v) is 2.85. The topological polar surface area (TPSA) is 71.3 Å². The molecule has 1 aromatic heterocycles. The molecule has 0 unspecified atom stereocenters. The van der Waals surface area contributed by atoms with Crippen molar-refractivity contribution in [3.63, 3.8) is 0 Å². The summed E-state index contributed by atoms with van der Waals surface area (Å²) < 4.78 is 41.8. The fourth-order valence-electron chi connectivity index (χ4n) is 2.85. The third kappa shape index (κ3) is 4.01.